The largest absolute Gasteiger partial charge is 0.478 e. The van der Waals surface area contributed by atoms with Crippen molar-refractivity contribution in [1.29, 1.82) is 0 Å². The molecule has 0 aromatic heterocycles. The summed E-state index contributed by atoms with van der Waals surface area (Å²) in [5.41, 5.74) is 11.9. The number of aromatic carboxylic acids is 1. The molecule has 0 saturated carbocycles. The van der Waals surface area contributed by atoms with Crippen LogP contribution in [0.25, 0.3) is 0 Å². The molecule has 5 nitrogen and oxygen atoms in total. The van der Waals surface area contributed by atoms with Gasteiger partial charge < -0.3 is 21.7 Å². The summed E-state index contributed by atoms with van der Waals surface area (Å²) in [6.07, 6.45) is 0. The highest BCUT2D eigenvalue weighted by atomic mass is 16.4. The number of nitrogen functional groups attached to an aromatic ring is 1. The van der Waals surface area contributed by atoms with Gasteiger partial charge in [0.1, 0.15) is 0 Å². The van der Waals surface area contributed by atoms with Gasteiger partial charge in [0.05, 0.1) is 18.2 Å². The average molecular weight is 196 g/mol. The van der Waals surface area contributed by atoms with E-state index in [1.807, 2.05) is 0 Å². The molecule has 14 heavy (non-hydrogen) atoms. The maximum Gasteiger partial charge on any atom is 0.336 e. The van der Waals surface area contributed by atoms with E-state index in [1.165, 1.54) is 18.2 Å². The summed E-state index contributed by atoms with van der Waals surface area (Å²) in [4.78, 5) is 10.8. The molecule has 0 aliphatic heterocycles. The van der Waals surface area contributed by atoms with Crippen molar-refractivity contribution in [1.82, 2.24) is 0 Å². The topological polar surface area (TPSA) is 110 Å². The van der Waals surface area contributed by atoms with Gasteiger partial charge in [-0.05, 0) is 23.8 Å². The Labute approximate surface area is 81.0 Å². The molecule has 0 aliphatic carbocycles. The van der Waals surface area contributed by atoms with Crippen molar-refractivity contribution in [3.05, 3.63) is 29.3 Å². The van der Waals surface area contributed by atoms with Crippen molar-refractivity contribution in [2.75, 3.05) is 12.3 Å². The SMILES string of the molecule is Nc1ccc(C(=O)O)c([C@@H](N)CO)c1. The smallest absolute Gasteiger partial charge is 0.336 e. The molecule has 1 rings (SSSR count). The van der Waals surface area contributed by atoms with Gasteiger partial charge in [0, 0.05) is 5.69 Å². The molecule has 0 radical (unpaired) electrons. The minimum absolute atomic E-state index is 0.0701. The van der Waals surface area contributed by atoms with Gasteiger partial charge in [0.15, 0.2) is 0 Å². The van der Waals surface area contributed by atoms with Crippen molar-refractivity contribution < 1.29 is 15.0 Å². The number of aliphatic hydroxyl groups is 1. The molecule has 0 aliphatic rings. The molecule has 0 heterocycles. The molecule has 0 unspecified atom stereocenters. The van der Waals surface area contributed by atoms with Crippen LogP contribution < -0.4 is 11.5 Å². The highest BCUT2D eigenvalue weighted by Crippen LogP contribution is 2.19. The Hall–Kier alpha value is -1.59. The molecule has 0 spiro atoms. The first-order valence-corrected chi connectivity index (χ1v) is 4.05. The second-order valence-electron chi connectivity index (χ2n) is 2.94. The van der Waals surface area contributed by atoms with Crippen molar-refractivity contribution >= 4 is 11.7 Å². The van der Waals surface area contributed by atoms with Crippen LogP contribution in [0.3, 0.4) is 0 Å². The van der Waals surface area contributed by atoms with E-state index in [-0.39, 0.29) is 12.2 Å². The van der Waals surface area contributed by atoms with Crippen molar-refractivity contribution in [3.8, 4) is 0 Å². The van der Waals surface area contributed by atoms with Crippen molar-refractivity contribution in [3.63, 3.8) is 0 Å². The van der Waals surface area contributed by atoms with Crippen molar-refractivity contribution in [2.45, 2.75) is 6.04 Å². The van der Waals surface area contributed by atoms with Gasteiger partial charge in [-0.2, -0.15) is 0 Å². The summed E-state index contributed by atoms with van der Waals surface area (Å²) in [5, 5.41) is 17.6. The second kappa shape index (κ2) is 4.08. The van der Waals surface area contributed by atoms with Gasteiger partial charge in [-0.25, -0.2) is 4.79 Å². The van der Waals surface area contributed by atoms with E-state index >= 15 is 0 Å². The third-order valence-corrected chi connectivity index (χ3v) is 1.90. The maximum absolute atomic E-state index is 10.8. The van der Waals surface area contributed by atoms with E-state index < -0.39 is 12.0 Å². The lowest BCUT2D eigenvalue weighted by molar-refractivity contribution is 0.0694. The standard InChI is InChI=1S/C9H12N2O3/c10-5-1-2-6(9(13)14)7(3-5)8(11)4-12/h1-3,8,12H,4,10-11H2,(H,13,14)/t8-/m0/s1. The van der Waals surface area contributed by atoms with Crippen LogP contribution in [0, 0.1) is 0 Å². The Morgan fingerprint density at radius 1 is 1.50 bits per heavy atom. The quantitative estimate of drug-likeness (QED) is 0.507. The van der Waals surface area contributed by atoms with E-state index in [9.17, 15) is 4.79 Å². The van der Waals surface area contributed by atoms with Gasteiger partial charge in [-0.1, -0.05) is 0 Å². The maximum atomic E-state index is 10.8. The molecular formula is C9H12N2O3. The first-order chi connectivity index (χ1) is 6.56. The highest BCUT2D eigenvalue weighted by Gasteiger charge is 2.15. The zero-order valence-electron chi connectivity index (χ0n) is 7.47. The van der Waals surface area contributed by atoms with E-state index in [1.54, 1.807) is 0 Å². The Balaban J connectivity index is 3.22. The molecule has 1 atom stereocenters. The number of aliphatic hydroxyl groups excluding tert-OH is 1. The number of anilines is 1. The molecule has 76 valence electrons. The van der Waals surface area contributed by atoms with Crippen LogP contribution in [-0.4, -0.2) is 22.8 Å². The predicted molar refractivity (Wildman–Crippen MR) is 51.8 cm³/mol. The fourth-order valence-electron chi connectivity index (χ4n) is 1.18. The normalized spacial score (nSPS) is 12.4. The van der Waals surface area contributed by atoms with Crippen LogP contribution in [0.15, 0.2) is 18.2 Å². The monoisotopic (exact) mass is 196 g/mol. The van der Waals surface area contributed by atoms with Crippen molar-refractivity contribution in [2.24, 2.45) is 5.73 Å². The molecule has 1 aromatic carbocycles. The third kappa shape index (κ3) is 2.01. The van der Waals surface area contributed by atoms with E-state index in [2.05, 4.69) is 0 Å². The van der Waals surface area contributed by atoms with Gasteiger partial charge >= 0.3 is 5.97 Å². The number of carboxylic acid groups (broad SMARTS) is 1. The molecular weight excluding hydrogens is 184 g/mol. The Morgan fingerprint density at radius 2 is 2.14 bits per heavy atom. The predicted octanol–water partition coefficient (Wildman–Crippen LogP) is -0.0409. The summed E-state index contributed by atoms with van der Waals surface area (Å²) in [6, 6.07) is 3.61. The minimum atomic E-state index is -1.08. The molecule has 0 saturated heterocycles. The molecule has 1 aromatic rings. The van der Waals surface area contributed by atoms with Gasteiger partial charge in [-0.3, -0.25) is 0 Å². The minimum Gasteiger partial charge on any atom is -0.478 e. The fourth-order valence-corrected chi connectivity index (χ4v) is 1.18. The molecule has 0 amide bonds. The average Bonchev–Trinajstić information content (AvgIpc) is 2.16. The van der Waals surface area contributed by atoms with Crippen LogP contribution >= 0.6 is 0 Å². The number of hydrogen-bond donors (Lipinski definition) is 4. The number of carbonyl (C=O) groups is 1. The van der Waals surface area contributed by atoms with Crippen LogP contribution in [-0.2, 0) is 0 Å². The summed E-state index contributed by atoms with van der Waals surface area (Å²) in [7, 11) is 0. The molecule has 5 heteroatoms. The summed E-state index contributed by atoms with van der Waals surface area (Å²) < 4.78 is 0. The number of hydrogen-bond acceptors (Lipinski definition) is 4. The molecule has 0 fully saturated rings. The zero-order chi connectivity index (χ0) is 10.7. The van der Waals surface area contributed by atoms with Crippen LogP contribution in [0.5, 0.6) is 0 Å². The number of carboxylic acids is 1. The first-order valence-electron chi connectivity index (χ1n) is 4.05. The number of benzene rings is 1. The first kappa shape index (κ1) is 10.5. The fraction of sp³-hybridized carbons (Fsp3) is 0.222. The van der Waals surface area contributed by atoms with E-state index in [4.69, 9.17) is 21.7 Å². The Kier molecular flexibility index (Phi) is 3.06. The van der Waals surface area contributed by atoms with Crippen LogP contribution in [0.1, 0.15) is 22.0 Å². The van der Waals surface area contributed by atoms with Crippen LogP contribution in [0.4, 0.5) is 5.69 Å². The summed E-state index contributed by atoms with van der Waals surface area (Å²) in [5.74, 6) is -1.08. The van der Waals surface area contributed by atoms with Crippen LogP contribution in [0.2, 0.25) is 0 Å². The molecule has 0 bridgehead atoms. The van der Waals surface area contributed by atoms with Gasteiger partial charge in [0.25, 0.3) is 0 Å². The number of nitrogens with two attached hydrogens (primary N) is 2. The lowest BCUT2D eigenvalue weighted by Crippen LogP contribution is -2.18. The van der Waals surface area contributed by atoms with Gasteiger partial charge in [0.2, 0.25) is 0 Å². The summed E-state index contributed by atoms with van der Waals surface area (Å²) >= 11 is 0. The van der Waals surface area contributed by atoms with Gasteiger partial charge in [-0.15, -0.1) is 0 Å². The number of rotatable bonds is 3. The molecule has 6 N–H and O–H groups in total. The lowest BCUT2D eigenvalue weighted by Gasteiger charge is -2.12. The zero-order valence-corrected chi connectivity index (χ0v) is 7.47. The summed E-state index contributed by atoms with van der Waals surface area (Å²) in [6.45, 7) is -0.316. The van der Waals surface area contributed by atoms with E-state index in [0.29, 0.717) is 11.3 Å². The Bertz CT molecular complexity index is 352. The highest BCUT2D eigenvalue weighted by molar-refractivity contribution is 5.90. The third-order valence-electron chi connectivity index (χ3n) is 1.90. The Morgan fingerprint density at radius 3 is 2.64 bits per heavy atom. The lowest BCUT2D eigenvalue weighted by atomic mass is 10.0. The second-order valence-corrected chi connectivity index (χ2v) is 2.94. The van der Waals surface area contributed by atoms with E-state index in [0.717, 1.165) is 0 Å².